The van der Waals surface area contributed by atoms with Gasteiger partial charge in [-0.1, -0.05) is 0 Å². The van der Waals surface area contributed by atoms with Gasteiger partial charge in [0.2, 0.25) is 0 Å². The number of benzene rings is 2. The highest BCUT2D eigenvalue weighted by atomic mass is 19.1. The molecule has 2 aromatic heterocycles. The third-order valence-corrected chi connectivity index (χ3v) is 3.59. The fourth-order valence-electron chi connectivity index (χ4n) is 2.54. The number of fused-ring (bicyclic) bond motifs is 1. The molecule has 4 rings (SSSR count). The first-order valence-corrected chi connectivity index (χ1v) is 6.68. The molecule has 4 heteroatoms. The van der Waals surface area contributed by atoms with Crippen LogP contribution in [0.3, 0.4) is 0 Å². The molecule has 1 N–H and O–H groups in total. The summed E-state index contributed by atoms with van der Waals surface area (Å²) in [5.74, 6) is -0.226. The molecule has 102 valence electrons. The van der Waals surface area contributed by atoms with Crippen molar-refractivity contribution in [2.24, 2.45) is 0 Å². The summed E-state index contributed by atoms with van der Waals surface area (Å²) in [6.45, 7) is 0. The summed E-state index contributed by atoms with van der Waals surface area (Å²) >= 11 is 0. The Morgan fingerprint density at radius 3 is 2.71 bits per heavy atom. The first-order valence-electron chi connectivity index (χ1n) is 6.68. The van der Waals surface area contributed by atoms with Gasteiger partial charge in [-0.05, 0) is 60.2 Å². The molecule has 0 atom stereocenters. The van der Waals surface area contributed by atoms with Crippen molar-refractivity contribution in [1.29, 1.82) is 0 Å². The zero-order valence-corrected chi connectivity index (χ0v) is 11.1. The largest absolute Gasteiger partial charge is 0.317 e. The molecule has 0 aliphatic rings. The van der Waals surface area contributed by atoms with E-state index in [9.17, 15) is 4.39 Å². The predicted molar refractivity (Wildman–Crippen MR) is 80.8 cm³/mol. The molecule has 2 heterocycles. The Morgan fingerprint density at radius 1 is 1.00 bits per heavy atom. The number of H-pyrrole nitrogens is 1. The van der Waals surface area contributed by atoms with Gasteiger partial charge in [0.25, 0.3) is 0 Å². The van der Waals surface area contributed by atoms with Crippen LogP contribution in [0.5, 0.6) is 0 Å². The highest BCUT2D eigenvalue weighted by Gasteiger charge is 2.07. The fraction of sp³-hybridized carbons (Fsp3) is 0. The SMILES string of the molecule is Fc1ccc(-c2cccn2-c2ccc3cn[nH]c3c2)cc1. The molecular weight excluding hydrogens is 265 g/mol. The van der Waals surface area contributed by atoms with E-state index in [4.69, 9.17) is 0 Å². The van der Waals surface area contributed by atoms with Crippen LogP contribution in [0.25, 0.3) is 27.8 Å². The van der Waals surface area contributed by atoms with E-state index < -0.39 is 0 Å². The Kier molecular flexibility index (Phi) is 2.60. The second kappa shape index (κ2) is 4.59. The van der Waals surface area contributed by atoms with Crippen LogP contribution in [0.2, 0.25) is 0 Å². The summed E-state index contributed by atoms with van der Waals surface area (Å²) in [5.41, 5.74) is 4.03. The summed E-state index contributed by atoms with van der Waals surface area (Å²) in [7, 11) is 0. The molecule has 4 aromatic rings. The fourth-order valence-corrected chi connectivity index (χ4v) is 2.54. The normalized spacial score (nSPS) is 11.1. The number of aromatic nitrogens is 3. The smallest absolute Gasteiger partial charge is 0.123 e. The van der Waals surface area contributed by atoms with Crippen LogP contribution in [-0.4, -0.2) is 14.8 Å². The Bertz CT molecular complexity index is 903. The first kappa shape index (κ1) is 11.9. The second-order valence-corrected chi connectivity index (χ2v) is 4.91. The molecule has 2 aromatic carbocycles. The first-order chi connectivity index (χ1) is 10.3. The lowest BCUT2D eigenvalue weighted by Gasteiger charge is -2.09. The Balaban J connectivity index is 1.85. The van der Waals surface area contributed by atoms with E-state index in [1.807, 2.05) is 30.5 Å². The highest BCUT2D eigenvalue weighted by Crippen LogP contribution is 2.25. The lowest BCUT2D eigenvalue weighted by molar-refractivity contribution is 0.628. The summed E-state index contributed by atoms with van der Waals surface area (Å²) in [5, 5.41) is 8.09. The van der Waals surface area contributed by atoms with Crippen LogP contribution in [-0.2, 0) is 0 Å². The molecule has 3 nitrogen and oxygen atoms in total. The molecule has 0 radical (unpaired) electrons. The van der Waals surface area contributed by atoms with E-state index in [2.05, 4.69) is 20.8 Å². The lowest BCUT2D eigenvalue weighted by Crippen LogP contribution is -1.95. The number of nitrogens with zero attached hydrogens (tertiary/aromatic N) is 2. The molecule has 0 saturated heterocycles. The third kappa shape index (κ3) is 2.01. The van der Waals surface area contributed by atoms with Crippen LogP contribution in [0.15, 0.2) is 67.0 Å². The van der Waals surface area contributed by atoms with Crippen molar-refractivity contribution in [3.05, 3.63) is 72.8 Å². The minimum absolute atomic E-state index is 0.226. The third-order valence-electron chi connectivity index (χ3n) is 3.59. The van der Waals surface area contributed by atoms with Crippen molar-refractivity contribution in [1.82, 2.24) is 14.8 Å². The molecule has 0 saturated carbocycles. The second-order valence-electron chi connectivity index (χ2n) is 4.91. The van der Waals surface area contributed by atoms with Crippen molar-refractivity contribution in [3.63, 3.8) is 0 Å². The monoisotopic (exact) mass is 277 g/mol. The Hall–Kier alpha value is -2.88. The van der Waals surface area contributed by atoms with Crippen LogP contribution in [0.4, 0.5) is 4.39 Å². The van der Waals surface area contributed by atoms with Gasteiger partial charge in [0.1, 0.15) is 5.82 Å². The zero-order valence-electron chi connectivity index (χ0n) is 11.1. The standard InChI is InChI=1S/C17H12FN3/c18-14-6-3-12(4-7-14)17-2-1-9-21(17)15-8-5-13-11-19-20-16(13)10-15/h1-11H,(H,19,20). The maximum atomic E-state index is 13.1. The van der Waals surface area contributed by atoms with Gasteiger partial charge in [0.05, 0.1) is 17.4 Å². The summed E-state index contributed by atoms with van der Waals surface area (Å²) in [6, 6.07) is 16.7. The van der Waals surface area contributed by atoms with Gasteiger partial charge in [0.15, 0.2) is 0 Å². The lowest BCUT2D eigenvalue weighted by atomic mass is 10.1. The van der Waals surface area contributed by atoms with E-state index in [1.54, 1.807) is 18.3 Å². The average molecular weight is 277 g/mol. The van der Waals surface area contributed by atoms with Gasteiger partial charge in [-0.3, -0.25) is 5.10 Å². The Morgan fingerprint density at radius 2 is 1.86 bits per heavy atom. The Labute approximate surface area is 120 Å². The maximum absolute atomic E-state index is 13.1. The number of nitrogens with one attached hydrogen (secondary N) is 1. The molecule has 0 unspecified atom stereocenters. The minimum atomic E-state index is -0.226. The van der Waals surface area contributed by atoms with Crippen LogP contribution < -0.4 is 0 Å². The van der Waals surface area contributed by atoms with E-state index in [-0.39, 0.29) is 5.82 Å². The van der Waals surface area contributed by atoms with Crippen LogP contribution in [0, 0.1) is 5.82 Å². The van der Waals surface area contributed by atoms with Crippen molar-refractivity contribution in [2.75, 3.05) is 0 Å². The van der Waals surface area contributed by atoms with E-state index in [1.165, 1.54) is 12.1 Å². The highest BCUT2D eigenvalue weighted by molar-refractivity contribution is 5.80. The number of hydrogen-bond acceptors (Lipinski definition) is 1. The molecule has 0 bridgehead atoms. The van der Waals surface area contributed by atoms with E-state index >= 15 is 0 Å². The van der Waals surface area contributed by atoms with Crippen molar-refractivity contribution in [3.8, 4) is 16.9 Å². The molecule has 0 amide bonds. The average Bonchev–Trinajstić information content (AvgIpc) is 3.16. The molecule has 0 aliphatic carbocycles. The quantitative estimate of drug-likeness (QED) is 0.586. The number of aromatic amines is 1. The van der Waals surface area contributed by atoms with E-state index in [0.717, 1.165) is 27.8 Å². The minimum Gasteiger partial charge on any atom is -0.317 e. The van der Waals surface area contributed by atoms with Crippen molar-refractivity contribution >= 4 is 10.9 Å². The maximum Gasteiger partial charge on any atom is 0.123 e. The zero-order chi connectivity index (χ0) is 14.2. The molecule has 0 aliphatic heterocycles. The molecule has 21 heavy (non-hydrogen) atoms. The van der Waals surface area contributed by atoms with Crippen molar-refractivity contribution < 1.29 is 4.39 Å². The van der Waals surface area contributed by atoms with Gasteiger partial charge in [0, 0.05) is 17.3 Å². The summed E-state index contributed by atoms with van der Waals surface area (Å²) in [6.07, 6.45) is 3.80. The van der Waals surface area contributed by atoms with Crippen molar-refractivity contribution in [2.45, 2.75) is 0 Å². The summed E-state index contributed by atoms with van der Waals surface area (Å²) < 4.78 is 15.1. The van der Waals surface area contributed by atoms with Gasteiger partial charge < -0.3 is 4.57 Å². The molecular formula is C17H12FN3. The topological polar surface area (TPSA) is 33.6 Å². The predicted octanol–water partition coefficient (Wildman–Crippen LogP) is 4.16. The number of hydrogen-bond donors (Lipinski definition) is 1. The number of halogens is 1. The van der Waals surface area contributed by atoms with Crippen LogP contribution >= 0.6 is 0 Å². The van der Waals surface area contributed by atoms with Gasteiger partial charge in [-0.15, -0.1) is 0 Å². The van der Waals surface area contributed by atoms with Gasteiger partial charge in [-0.25, -0.2) is 4.39 Å². The molecule has 0 fully saturated rings. The van der Waals surface area contributed by atoms with Gasteiger partial charge in [-0.2, -0.15) is 5.10 Å². The van der Waals surface area contributed by atoms with E-state index in [0.29, 0.717) is 0 Å². The van der Waals surface area contributed by atoms with Gasteiger partial charge >= 0.3 is 0 Å². The van der Waals surface area contributed by atoms with Crippen LogP contribution in [0.1, 0.15) is 0 Å². The number of rotatable bonds is 2. The summed E-state index contributed by atoms with van der Waals surface area (Å²) in [4.78, 5) is 0. The molecule has 0 spiro atoms.